The van der Waals surface area contributed by atoms with Gasteiger partial charge in [-0.3, -0.25) is 4.79 Å². The van der Waals surface area contributed by atoms with Gasteiger partial charge in [0.05, 0.1) is 16.3 Å². The van der Waals surface area contributed by atoms with Gasteiger partial charge >= 0.3 is 0 Å². The Balaban J connectivity index is 2.81. The van der Waals surface area contributed by atoms with E-state index in [0.29, 0.717) is 6.54 Å². The van der Waals surface area contributed by atoms with Crippen molar-refractivity contribution >= 4 is 17.2 Å². The van der Waals surface area contributed by atoms with Crippen LogP contribution in [0.4, 0.5) is 0 Å². The Bertz CT molecular complexity index is 410. The van der Waals surface area contributed by atoms with Gasteiger partial charge in [0.15, 0.2) is 0 Å². The maximum absolute atomic E-state index is 12.0. The first-order valence-electron chi connectivity index (χ1n) is 5.31. The van der Waals surface area contributed by atoms with Crippen LogP contribution in [0.3, 0.4) is 0 Å². The molecule has 1 aromatic heterocycles. The number of thiophene rings is 1. The summed E-state index contributed by atoms with van der Waals surface area (Å²) in [5.41, 5.74) is 5.29. The second kappa shape index (κ2) is 6.31. The number of carbonyl (C=O) groups is 1. The molecule has 1 amide bonds. The summed E-state index contributed by atoms with van der Waals surface area (Å²) in [5, 5.41) is 0. The molecule has 0 atom stereocenters. The molecule has 0 radical (unpaired) electrons. The highest BCUT2D eigenvalue weighted by atomic mass is 32.1. The van der Waals surface area contributed by atoms with Crippen molar-refractivity contribution in [3.05, 3.63) is 21.9 Å². The van der Waals surface area contributed by atoms with Gasteiger partial charge in [-0.15, -0.1) is 11.3 Å². The molecule has 3 nitrogen and oxygen atoms in total. The summed E-state index contributed by atoms with van der Waals surface area (Å²) in [6.45, 7) is 5.76. The molecular formula is C12H16N2OS. The average molecular weight is 236 g/mol. The van der Waals surface area contributed by atoms with Crippen molar-refractivity contribution in [2.24, 2.45) is 5.73 Å². The van der Waals surface area contributed by atoms with Crippen LogP contribution in [0.5, 0.6) is 0 Å². The minimum absolute atomic E-state index is 0.0794. The third-order valence-electron chi connectivity index (χ3n) is 2.18. The van der Waals surface area contributed by atoms with Crippen LogP contribution in [0.25, 0.3) is 0 Å². The van der Waals surface area contributed by atoms with Crippen molar-refractivity contribution in [1.29, 1.82) is 0 Å². The summed E-state index contributed by atoms with van der Waals surface area (Å²) in [6.07, 6.45) is 0. The fourth-order valence-electron chi connectivity index (χ4n) is 1.32. The number of nitrogens with zero attached hydrogens (tertiary/aromatic N) is 1. The zero-order valence-electron chi connectivity index (χ0n) is 9.62. The standard InChI is InChI=1S/C12H16N2OS/c1-3-14(4-2)12(15)11-8-7-10(16-11)6-5-9-13/h7-8H,3-4,9,13H2,1-2H3. The number of amides is 1. The second-order valence-electron chi connectivity index (χ2n) is 3.15. The summed E-state index contributed by atoms with van der Waals surface area (Å²) in [4.78, 5) is 15.4. The fourth-order valence-corrected chi connectivity index (χ4v) is 2.17. The number of hydrogen-bond acceptors (Lipinski definition) is 3. The molecule has 1 rings (SSSR count). The number of nitrogens with two attached hydrogens (primary N) is 1. The van der Waals surface area contributed by atoms with Crippen molar-refractivity contribution in [2.45, 2.75) is 13.8 Å². The third kappa shape index (κ3) is 3.09. The Morgan fingerprint density at radius 3 is 2.69 bits per heavy atom. The van der Waals surface area contributed by atoms with Gasteiger partial charge in [0.1, 0.15) is 0 Å². The van der Waals surface area contributed by atoms with Gasteiger partial charge in [0.25, 0.3) is 5.91 Å². The van der Waals surface area contributed by atoms with E-state index in [-0.39, 0.29) is 5.91 Å². The molecule has 0 saturated carbocycles. The van der Waals surface area contributed by atoms with Crippen LogP contribution in [0.1, 0.15) is 28.4 Å². The summed E-state index contributed by atoms with van der Waals surface area (Å²) >= 11 is 1.42. The number of hydrogen-bond donors (Lipinski definition) is 1. The molecule has 0 aliphatic rings. The lowest BCUT2D eigenvalue weighted by Gasteiger charge is -2.17. The van der Waals surface area contributed by atoms with E-state index in [0.717, 1.165) is 22.8 Å². The quantitative estimate of drug-likeness (QED) is 0.809. The molecule has 0 saturated heterocycles. The summed E-state index contributed by atoms with van der Waals surface area (Å²) < 4.78 is 0. The number of rotatable bonds is 3. The molecule has 0 bridgehead atoms. The topological polar surface area (TPSA) is 46.3 Å². The van der Waals surface area contributed by atoms with E-state index in [1.165, 1.54) is 11.3 Å². The largest absolute Gasteiger partial charge is 0.339 e. The maximum atomic E-state index is 12.0. The van der Waals surface area contributed by atoms with Gasteiger partial charge in [-0.25, -0.2) is 0 Å². The molecule has 86 valence electrons. The average Bonchev–Trinajstić information content (AvgIpc) is 2.76. The highest BCUT2D eigenvalue weighted by Crippen LogP contribution is 2.17. The zero-order valence-corrected chi connectivity index (χ0v) is 10.4. The second-order valence-corrected chi connectivity index (χ2v) is 4.23. The van der Waals surface area contributed by atoms with E-state index in [2.05, 4.69) is 11.8 Å². The smallest absolute Gasteiger partial charge is 0.263 e. The first-order chi connectivity index (χ1) is 7.72. The molecule has 0 aliphatic carbocycles. The highest BCUT2D eigenvalue weighted by Gasteiger charge is 2.13. The summed E-state index contributed by atoms with van der Waals surface area (Å²) in [7, 11) is 0. The summed E-state index contributed by atoms with van der Waals surface area (Å²) in [6, 6.07) is 3.69. The van der Waals surface area contributed by atoms with Crippen molar-refractivity contribution in [2.75, 3.05) is 19.6 Å². The molecule has 2 N–H and O–H groups in total. The van der Waals surface area contributed by atoms with Crippen molar-refractivity contribution < 1.29 is 4.79 Å². The Hall–Kier alpha value is -1.31. The molecule has 4 heteroatoms. The van der Waals surface area contributed by atoms with Crippen LogP contribution in [0.15, 0.2) is 12.1 Å². The minimum Gasteiger partial charge on any atom is -0.339 e. The monoisotopic (exact) mass is 236 g/mol. The van der Waals surface area contributed by atoms with E-state index in [1.54, 1.807) is 4.90 Å². The Kier molecular flexibility index (Phi) is 5.03. The van der Waals surface area contributed by atoms with Crippen LogP contribution < -0.4 is 5.73 Å². The summed E-state index contributed by atoms with van der Waals surface area (Å²) in [5.74, 6) is 5.78. The Labute approximate surface area is 100 Å². The lowest BCUT2D eigenvalue weighted by atomic mass is 10.3. The molecule has 1 aromatic rings. The van der Waals surface area contributed by atoms with Gasteiger partial charge in [-0.05, 0) is 26.0 Å². The fraction of sp³-hybridized carbons (Fsp3) is 0.417. The van der Waals surface area contributed by atoms with E-state index < -0.39 is 0 Å². The van der Waals surface area contributed by atoms with E-state index >= 15 is 0 Å². The molecule has 1 heterocycles. The van der Waals surface area contributed by atoms with Crippen molar-refractivity contribution in [1.82, 2.24) is 4.90 Å². The van der Waals surface area contributed by atoms with Gasteiger partial charge < -0.3 is 10.6 Å². The zero-order chi connectivity index (χ0) is 12.0. The van der Waals surface area contributed by atoms with Gasteiger partial charge in [0.2, 0.25) is 0 Å². The first kappa shape index (κ1) is 12.8. The minimum atomic E-state index is 0.0794. The Morgan fingerprint density at radius 1 is 1.44 bits per heavy atom. The molecule has 0 spiro atoms. The normalized spacial score (nSPS) is 9.44. The molecular weight excluding hydrogens is 220 g/mol. The lowest BCUT2D eigenvalue weighted by molar-refractivity contribution is 0.0778. The van der Waals surface area contributed by atoms with E-state index in [9.17, 15) is 4.79 Å². The highest BCUT2D eigenvalue weighted by molar-refractivity contribution is 7.14. The molecule has 16 heavy (non-hydrogen) atoms. The Morgan fingerprint density at radius 2 is 2.12 bits per heavy atom. The maximum Gasteiger partial charge on any atom is 0.263 e. The van der Waals surface area contributed by atoms with Crippen LogP contribution >= 0.6 is 11.3 Å². The predicted molar refractivity (Wildman–Crippen MR) is 67.5 cm³/mol. The third-order valence-corrected chi connectivity index (χ3v) is 3.17. The van der Waals surface area contributed by atoms with Crippen molar-refractivity contribution in [3.8, 4) is 11.8 Å². The van der Waals surface area contributed by atoms with Crippen LogP contribution in [0.2, 0.25) is 0 Å². The van der Waals surface area contributed by atoms with E-state index in [1.807, 2.05) is 26.0 Å². The van der Waals surface area contributed by atoms with Gasteiger partial charge in [0, 0.05) is 13.1 Å². The number of carbonyl (C=O) groups excluding carboxylic acids is 1. The molecule has 0 aliphatic heterocycles. The van der Waals surface area contributed by atoms with E-state index in [4.69, 9.17) is 5.73 Å². The first-order valence-corrected chi connectivity index (χ1v) is 6.12. The molecule has 0 unspecified atom stereocenters. The predicted octanol–water partition coefficient (Wildman–Crippen LogP) is 1.54. The van der Waals surface area contributed by atoms with Crippen LogP contribution in [-0.2, 0) is 0 Å². The van der Waals surface area contributed by atoms with Gasteiger partial charge in [-0.1, -0.05) is 11.8 Å². The van der Waals surface area contributed by atoms with Gasteiger partial charge in [-0.2, -0.15) is 0 Å². The van der Waals surface area contributed by atoms with Crippen LogP contribution in [0, 0.1) is 11.8 Å². The molecule has 0 fully saturated rings. The molecule has 0 aromatic carbocycles. The van der Waals surface area contributed by atoms with Crippen LogP contribution in [-0.4, -0.2) is 30.4 Å². The SMILES string of the molecule is CCN(CC)C(=O)c1ccc(C#CCN)s1. The lowest BCUT2D eigenvalue weighted by Crippen LogP contribution is -2.29. The van der Waals surface area contributed by atoms with Crippen molar-refractivity contribution in [3.63, 3.8) is 0 Å².